The Bertz CT molecular complexity index is 472. The van der Waals surface area contributed by atoms with Gasteiger partial charge < -0.3 is 20.3 Å². The molecule has 0 aliphatic rings. The number of hydrogen-bond donors (Lipinski definition) is 1. The molecule has 222 valence electrons. The second kappa shape index (κ2) is 30.6. The summed E-state index contributed by atoms with van der Waals surface area (Å²) in [6.07, 6.45) is 21.0. The molecule has 0 radical (unpaired) electrons. The molecule has 0 atom stereocenters. The molecule has 0 fully saturated rings. The van der Waals surface area contributed by atoms with Gasteiger partial charge in [-0.15, -0.1) is 0 Å². The van der Waals surface area contributed by atoms with Gasteiger partial charge in [-0.25, -0.2) is 0 Å². The summed E-state index contributed by atoms with van der Waals surface area (Å²) in [7, 11) is 6.27. The zero-order valence-corrected chi connectivity index (χ0v) is 26.6. The van der Waals surface area contributed by atoms with Gasteiger partial charge in [0, 0.05) is 18.1 Å². The maximum atomic E-state index is 12.2. The number of esters is 1. The predicted molar refractivity (Wildman–Crippen MR) is 169 cm³/mol. The normalized spacial score (nSPS) is 11.6. The van der Waals surface area contributed by atoms with Crippen LogP contribution in [0, 0.1) is 0 Å². The molecule has 0 saturated heterocycles. The highest BCUT2D eigenvalue weighted by atomic mass is 33.1. The van der Waals surface area contributed by atoms with Crippen molar-refractivity contribution in [2.75, 3.05) is 64.4 Å². The Hall–Kier alpha value is 0.0500. The van der Waals surface area contributed by atoms with Gasteiger partial charge in [0.2, 0.25) is 0 Å². The lowest BCUT2D eigenvalue weighted by molar-refractivity contribution is -0.144. The van der Waals surface area contributed by atoms with Gasteiger partial charge in [0.1, 0.15) is 0 Å². The Morgan fingerprint density at radius 2 is 1.22 bits per heavy atom. The maximum Gasteiger partial charge on any atom is 0.307 e. The Kier molecular flexibility index (Phi) is 30.6. The fraction of sp³-hybridized carbons (Fsp3) is 0.967. The molecule has 0 aromatic heterocycles. The molecule has 7 heteroatoms. The summed E-state index contributed by atoms with van der Waals surface area (Å²) >= 11 is 0. The number of hydrogen-bond acceptors (Lipinski definition) is 7. The molecule has 0 heterocycles. The van der Waals surface area contributed by atoms with Crippen LogP contribution in [0.4, 0.5) is 0 Å². The average Bonchev–Trinajstić information content (AvgIpc) is 2.90. The monoisotopic (exact) mass is 561 g/mol. The third kappa shape index (κ3) is 28.9. The molecular weight excluding hydrogens is 498 g/mol. The van der Waals surface area contributed by atoms with E-state index in [0.717, 1.165) is 65.0 Å². The molecule has 5 nitrogen and oxygen atoms in total. The zero-order chi connectivity index (χ0) is 27.2. The highest BCUT2D eigenvalue weighted by molar-refractivity contribution is 8.76. The molecule has 0 unspecified atom stereocenters. The first kappa shape index (κ1) is 37.0. The molecule has 0 bridgehead atoms. The van der Waals surface area contributed by atoms with Crippen molar-refractivity contribution in [2.45, 2.75) is 123 Å². The van der Waals surface area contributed by atoms with Gasteiger partial charge in [-0.05, 0) is 84.7 Å². The molecule has 37 heavy (non-hydrogen) atoms. The second-order valence-corrected chi connectivity index (χ2v) is 13.2. The van der Waals surface area contributed by atoms with Crippen LogP contribution in [0.1, 0.15) is 123 Å². The summed E-state index contributed by atoms with van der Waals surface area (Å²) < 4.78 is 5.49. The van der Waals surface area contributed by atoms with Crippen LogP contribution in [-0.4, -0.2) is 80.2 Å². The van der Waals surface area contributed by atoms with E-state index in [4.69, 9.17) is 10.5 Å². The van der Waals surface area contributed by atoms with Gasteiger partial charge in [0.05, 0.1) is 13.0 Å². The first-order valence-electron chi connectivity index (χ1n) is 15.6. The summed E-state index contributed by atoms with van der Waals surface area (Å²) in [6, 6.07) is 0. The molecular formula is C30H63N3O2S2. The molecule has 0 saturated carbocycles. The van der Waals surface area contributed by atoms with Crippen LogP contribution in [-0.2, 0) is 9.53 Å². The second-order valence-electron chi connectivity index (χ2n) is 10.5. The number of nitrogens with zero attached hydrogens (tertiary/aromatic N) is 2. The van der Waals surface area contributed by atoms with Gasteiger partial charge in [-0.1, -0.05) is 93.2 Å². The Morgan fingerprint density at radius 1 is 0.649 bits per heavy atom. The SMILES string of the molecule is CCCCCCCCCCSSCCCCCCOC(=O)CCN(CCC)CCCCN(C)CCCN. The number of rotatable bonds is 30. The lowest BCUT2D eigenvalue weighted by Crippen LogP contribution is -2.30. The van der Waals surface area contributed by atoms with E-state index in [-0.39, 0.29) is 5.97 Å². The minimum Gasteiger partial charge on any atom is -0.466 e. The van der Waals surface area contributed by atoms with Crippen molar-refractivity contribution in [1.82, 2.24) is 9.80 Å². The third-order valence-corrected chi connectivity index (χ3v) is 9.31. The number of unbranched alkanes of at least 4 members (excludes halogenated alkanes) is 11. The van der Waals surface area contributed by atoms with Gasteiger partial charge in [-0.3, -0.25) is 4.79 Å². The molecule has 0 rings (SSSR count). The molecule has 2 N–H and O–H groups in total. The predicted octanol–water partition coefficient (Wildman–Crippen LogP) is 7.78. The topological polar surface area (TPSA) is 58.8 Å². The van der Waals surface area contributed by atoms with Crippen LogP contribution in [0.5, 0.6) is 0 Å². The molecule has 0 aliphatic carbocycles. The van der Waals surface area contributed by atoms with Crippen LogP contribution < -0.4 is 5.73 Å². The molecule has 0 spiro atoms. The lowest BCUT2D eigenvalue weighted by Gasteiger charge is -2.22. The average molecular weight is 562 g/mol. The van der Waals surface area contributed by atoms with Crippen molar-refractivity contribution < 1.29 is 9.53 Å². The van der Waals surface area contributed by atoms with Crippen molar-refractivity contribution >= 4 is 27.6 Å². The Morgan fingerprint density at radius 3 is 1.84 bits per heavy atom. The van der Waals surface area contributed by atoms with Gasteiger partial charge >= 0.3 is 5.97 Å². The van der Waals surface area contributed by atoms with E-state index < -0.39 is 0 Å². The van der Waals surface area contributed by atoms with E-state index in [1.54, 1.807) is 0 Å². The minimum atomic E-state index is -0.0319. The van der Waals surface area contributed by atoms with Crippen LogP contribution in [0.2, 0.25) is 0 Å². The summed E-state index contributed by atoms with van der Waals surface area (Å²) in [4.78, 5) is 16.9. The first-order chi connectivity index (χ1) is 18.1. The van der Waals surface area contributed by atoms with Crippen LogP contribution in [0.25, 0.3) is 0 Å². The molecule has 0 aliphatic heterocycles. The highest BCUT2D eigenvalue weighted by Crippen LogP contribution is 2.24. The van der Waals surface area contributed by atoms with Crippen molar-refractivity contribution in [1.29, 1.82) is 0 Å². The van der Waals surface area contributed by atoms with E-state index in [1.165, 1.54) is 88.6 Å². The van der Waals surface area contributed by atoms with Crippen molar-refractivity contribution in [3.63, 3.8) is 0 Å². The van der Waals surface area contributed by atoms with E-state index >= 15 is 0 Å². The van der Waals surface area contributed by atoms with Crippen LogP contribution in [0.15, 0.2) is 0 Å². The molecule has 0 aromatic rings. The van der Waals surface area contributed by atoms with Gasteiger partial charge in [0.25, 0.3) is 0 Å². The Balaban J connectivity index is 3.50. The molecule has 0 amide bonds. The summed E-state index contributed by atoms with van der Waals surface area (Å²) in [6.45, 7) is 11.0. The largest absolute Gasteiger partial charge is 0.466 e. The smallest absolute Gasteiger partial charge is 0.307 e. The van der Waals surface area contributed by atoms with Gasteiger partial charge in [-0.2, -0.15) is 0 Å². The lowest BCUT2D eigenvalue weighted by atomic mass is 10.1. The van der Waals surface area contributed by atoms with Crippen LogP contribution in [0.3, 0.4) is 0 Å². The van der Waals surface area contributed by atoms with E-state index in [9.17, 15) is 4.79 Å². The van der Waals surface area contributed by atoms with Crippen molar-refractivity contribution in [3.8, 4) is 0 Å². The minimum absolute atomic E-state index is 0.0319. The van der Waals surface area contributed by atoms with Crippen LogP contribution >= 0.6 is 21.6 Å². The number of carbonyl (C=O) groups excluding carboxylic acids is 1. The van der Waals surface area contributed by atoms with E-state index in [2.05, 4.69) is 41.5 Å². The summed E-state index contributed by atoms with van der Waals surface area (Å²) in [5.74, 6) is 2.52. The van der Waals surface area contributed by atoms with E-state index in [1.807, 2.05) is 10.8 Å². The standard InChI is InChI=1S/C30H63N3O2S2/c1-4-6-7-8-9-10-12-17-28-36-37-29-18-13-11-16-27-35-30(34)20-26-33(22-5-2)25-15-14-23-32(3)24-19-21-31/h4-29,31H2,1-3H3. The maximum absolute atomic E-state index is 12.2. The zero-order valence-electron chi connectivity index (χ0n) is 25.0. The summed E-state index contributed by atoms with van der Waals surface area (Å²) in [5, 5.41) is 0. The third-order valence-electron chi connectivity index (χ3n) is 6.73. The van der Waals surface area contributed by atoms with Gasteiger partial charge in [0.15, 0.2) is 0 Å². The molecule has 0 aromatic carbocycles. The fourth-order valence-electron chi connectivity index (χ4n) is 4.38. The number of ether oxygens (including phenoxy) is 1. The van der Waals surface area contributed by atoms with E-state index in [0.29, 0.717) is 13.0 Å². The Labute approximate surface area is 239 Å². The van der Waals surface area contributed by atoms with Crippen molar-refractivity contribution in [3.05, 3.63) is 0 Å². The quantitative estimate of drug-likeness (QED) is 0.0546. The highest BCUT2D eigenvalue weighted by Gasteiger charge is 2.09. The fourth-order valence-corrected chi connectivity index (χ4v) is 6.67. The van der Waals surface area contributed by atoms with Crippen molar-refractivity contribution in [2.24, 2.45) is 5.73 Å². The number of nitrogens with two attached hydrogens (primary N) is 1. The summed E-state index contributed by atoms with van der Waals surface area (Å²) in [5.41, 5.74) is 5.59. The first-order valence-corrected chi connectivity index (χ1v) is 18.1. The number of carbonyl (C=O) groups is 1.